The monoisotopic (exact) mass is 273 g/mol. The molecule has 1 heterocycles. The van der Waals surface area contributed by atoms with Crippen LogP contribution < -0.4 is 4.90 Å². The third kappa shape index (κ3) is 2.60. The molecule has 0 saturated carbocycles. The van der Waals surface area contributed by atoms with Crippen molar-refractivity contribution in [3.05, 3.63) is 53.6 Å². The normalized spacial score (nSPS) is 15.5. The predicted molar refractivity (Wildman–Crippen MR) is 79.9 cm³/mol. The molecule has 2 aromatic carbocycles. The Kier molecular flexibility index (Phi) is 3.72. The maximum Gasteiger partial charge on any atom is 0.0642 e. The number of benzene rings is 2. The van der Waals surface area contributed by atoms with Crippen LogP contribution in [0.3, 0.4) is 0 Å². The van der Waals surface area contributed by atoms with Crippen molar-refractivity contribution in [2.24, 2.45) is 0 Å². The standard InChI is InChI=1S/C16H16ClNO/c17-15-7-3-1-5-13(15)14-6-2-4-8-16(14)18-9-11-19-12-10-18/h1-8H,9-12H2. The van der Waals surface area contributed by atoms with E-state index in [9.17, 15) is 0 Å². The SMILES string of the molecule is Clc1ccccc1-c1ccccc1N1CCOCC1. The lowest BCUT2D eigenvalue weighted by Gasteiger charge is -2.30. The first kappa shape index (κ1) is 12.5. The van der Waals surface area contributed by atoms with E-state index in [1.54, 1.807) is 0 Å². The van der Waals surface area contributed by atoms with E-state index >= 15 is 0 Å². The van der Waals surface area contributed by atoms with Gasteiger partial charge in [-0.25, -0.2) is 0 Å². The molecule has 3 heteroatoms. The van der Waals surface area contributed by atoms with Gasteiger partial charge >= 0.3 is 0 Å². The number of hydrogen-bond acceptors (Lipinski definition) is 2. The fourth-order valence-electron chi connectivity index (χ4n) is 2.46. The summed E-state index contributed by atoms with van der Waals surface area (Å²) in [7, 11) is 0. The van der Waals surface area contributed by atoms with Gasteiger partial charge < -0.3 is 9.64 Å². The first-order chi connectivity index (χ1) is 9.36. The van der Waals surface area contributed by atoms with Crippen molar-refractivity contribution >= 4 is 17.3 Å². The topological polar surface area (TPSA) is 12.5 Å². The fraction of sp³-hybridized carbons (Fsp3) is 0.250. The molecule has 1 aliphatic heterocycles. The van der Waals surface area contributed by atoms with Crippen molar-refractivity contribution in [2.45, 2.75) is 0 Å². The summed E-state index contributed by atoms with van der Waals surface area (Å²) < 4.78 is 5.42. The summed E-state index contributed by atoms with van der Waals surface area (Å²) in [5.74, 6) is 0. The molecule has 2 nitrogen and oxygen atoms in total. The number of nitrogens with zero attached hydrogens (tertiary/aromatic N) is 1. The molecule has 1 fully saturated rings. The molecule has 0 aliphatic carbocycles. The molecule has 0 unspecified atom stereocenters. The van der Waals surface area contributed by atoms with E-state index in [4.69, 9.17) is 16.3 Å². The number of rotatable bonds is 2. The highest BCUT2D eigenvalue weighted by Crippen LogP contribution is 2.35. The van der Waals surface area contributed by atoms with Gasteiger partial charge in [-0.1, -0.05) is 48.0 Å². The van der Waals surface area contributed by atoms with Crippen molar-refractivity contribution in [1.29, 1.82) is 0 Å². The summed E-state index contributed by atoms with van der Waals surface area (Å²) >= 11 is 6.33. The summed E-state index contributed by atoms with van der Waals surface area (Å²) in [6, 6.07) is 16.4. The van der Waals surface area contributed by atoms with Crippen LogP contribution in [0.25, 0.3) is 11.1 Å². The van der Waals surface area contributed by atoms with Crippen LogP contribution in [0.4, 0.5) is 5.69 Å². The summed E-state index contributed by atoms with van der Waals surface area (Å²) in [4.78, 5) is 2.36. The van der Waals surface area contributed by atoms with Crippen molar-refractivity contribution in [2.75, 3.05) is 31.2 Å². The Hall–Kier alpha value is -1.51. The maximum absolute atomic E-state index is 6.33. The van der Waals surface area contributed by atoms with Crippen LogP contribution in [-0.4, -0.2) is 26.3 Å². The van der Waals surface area contributed by atoms with Gasteiger partial charge in [0, 0.05) is 34.9 Å². The van der Waals surface area contributed by atoms with Gasteiger partial charge in [0.1, 0.15) is 0 Å². The zero-order chi connectivity index (χ0) is 13.1. The molecule has 1 aliphatic rings. The van der Waals surface area contributed by atoms with Crippen LogP contribution in [0.15, 0.2) is 48.5 Å². The Morgan fingerprint density at radius 2 is 1.47 bits per heavy atom. The second-order valence-corrected chi connectivity index (χ2v) is 5.00. The lowest BCUT2D eigenvalue weighted by Crippen LogP contribution is -2.36. The van der Waals surface area contributed by atoms with E-state index in [0.29, 0.717) is 0 Å². The second kappa shape index (κ2) is 5.64. The molecule has 0 spiro atoms. The van der Waals surface area contributed by atoms with Crippen molar-refractivity contribution in [3.8, 4) is 11.1 Å². The van der Waals surface area contributed by atoms with E-state index in [2.05, 4.69) is 35.2 Å². The lowest BCUT2D eigenvalue weighted by molar-refractivity contribution is 0.123. The van der Waals surface area contributed by atoms with Crippen LogP contribution in [0, 0.1) is 0 Å². The van der Waals surface area contributed by atoms with Crippen molar-refractivity contribution in [3.63, 3.8) is 0 Å². The van der Waals surface area contributed by atoms with E-state index in [0.717, 1.165) is 36.9 Å². The van der Waals surface area contributed by atoms with E-state index < -0.39 is 0 Å². The van der Waals surface area contributed by atoms with Gasteiger partial charge in [-0.05, 0) is 12.1 Å². The third-order valence-corrected chi connectivity index (χ3v) is 3.75. The number of halogens is 1. The summed E-state index contributed by atoms with van der Waals surface area (Å²) in [6.07, 6.45) is 0. The lowest BCUT2D eigenvalue weighted by atomic mass is 10.0. The molecule has 1 saturated heterocycles. The number of ether oxygens (including phenoxy) is 1. The van der Waals surface area contributed by atoms with Gasteiger partial charge in [0.25, 0.3) is 0 Å². The summed E-state index contributed by atoms with van der Waals surface area (Å²) in [6.45, 7) is 3.44. The van der Waals surface area contributed by atoms with E-state index in [1.165, 1.54) is 11.3 Å². The Balaban J connectivity index is 2.04. The molecule has 0 N–H and O–H groups in total. The van der Waals surface area contributed by atoms with Crippen molar-refractivity contribution < 1.29 is 4.74 Å². The second-order valence-electron chi connectivity index (χ2n) is 4.60. The molecule has 0 amide bonds. The molecule has 0 aromatic heterocycles. The highest BCUT2D eigenvalue weighted by atomic mass is 35.5. The Morgan fingerprint density at radius 3 is 2.21 bits per heavy atom. The quantitative estimate of drug-likeness (QED) is 0.824. The van der Waals surface area contributed by atoms with Crippen LogP contribution in [0.5, 0.6) is 0 Å². The molecular weight excluding hydrogens is 258 g/mol. The highest BCUT2D eigenvalue weighted by molar-refractivity contribution is 6.33. The zero-order valence-corrected chi connectivity index (χ0v) is 11.4. The molecular formula is C16H16ClNO. The van der Waals surface area contributed by atoms with Gasteiger partial charge in [0.15, 0.2) is 0 Å². The average molecular weight is 274 g/mol. The number of anilines is 1. The molecule has 19 heavy (non-hydrogen) atoms. The van der Waals surface area contributed by atoms with Gasteiger partial charge in [-0.15, -0.1) is 0 Å². The van der Waals surface area contributed by atoms with Crippen LogP contribution in [0.2, 0.25) is 5.02 Å². The number of hydrogen-bond donors (Lipinski definition) is 0. The average Bonchev–Trinajstić information content (AvgIpc) is 2.49. The smallest absolute Gasteiger partial charge is 0.0642 e. The maximum atomic E-state index is 6.33. The fourth-order valence-corrected chi connectivity index (χ4v) is 2.70. The highest BCUT2D eigenvalue weighted by Gasteiger charge is 2.16. The zero-order valence-electron chi connectivity index (χ0n) is 10.7. The summed E-state index contributed by atoms with van der Waals surface area (Å²) in [5, 5.41) is 0.795. The minimum atomic E-state index is 0.789. The first-order valence-corrected chi connectivity index (χ1v) is 6.91. The van der Waals surface area contributed by atoms with Crippen molar-refractivity contribution in [1.82, 2.24) is 0 Å². The van der Waals surface area contributed by atoms with Crippen LogP contribution >= 0.6 is 11.6 Å². The van der Waals surface area contributed by atoms with Gasteiger partial charge in [-0.2, -0.15) is 0 Å². The summed E-state index contributed by atoms with van der Waals surface area (Å²) in [5.41, 5.74) is 3.51. The van der Waals surface area contributed by atoms with Gasteiger partial charge in [-0.3, -0.25) is 0 Å². The largest absolute Gasteiger partial charge is 0.378 e. The predicted octanol–water partition coefficient (Wildman–Crippen LogP) is 3.84. The molecule has 0 bridgehead atoms. The van der Waals surface area contributed by atoms with Gasteiger partial charge in [0.2, 0.25) is 0 Å². The third-order valence-electron chi connectivity index (χ3n) is 3.42. The molecule has 98 valence electrons. The van der Waals surface area contributed by atoms with Crippen LogP contribution in [-0.2, 0) is 4.74 Å². The Bertz CT molecular complexity index is 564. The van der Waals surface area contributed by atoms with Gasteiger partial charge in [0.05, 0.1) is 13.2 Å². The minimum absolute atomic E-state index is 0.789. The Labute approximate surface area is 118 Å². The number of morpholine rings is 1. The first-order valence-electron chi connectivity index (χ1n) is 6.53. The Morgan fingerprint density at radius 1 is 0.842 bits per heavy atom. The van der Waals surface area contributed by atoms with Crippen LogP contribution in [0.1, 0.15) is 0 Å². The van der Waals surface area contributed by atoms with E-state index in [-0.39, 0.29) is 0 Å². The molecule has 3 rings (SSSR count). The molecule has 0 radical (unpaired) electrons. The van der Waals surface area contributed by atoms with E-state index in [1.807, 2.05) is 18.2 Å². The number of para-hydroxylation sites is 1. The molecule has 0 atom stereocenters. The minimum Gasteiger partial charge on any atom is -0.378 e. The molecule has 2 aromatic rings.